The van der Waals surface area contributed by atoms with Crippen molar-refractivity contribution < 1.29 is 9.53 Å². The number of likely N-dealkylation sites (N-methyl/N-ethyl adjacent to an activating group) is 1. The van der Waals surface area contributed by atoms with Crippen LogP contribution in [0.2, 0.25) is 0 Å². The van der Waals surface area contributed by atoms with Crippen molar-refractivity contribution >= 4 is 17.2 Å². The molecule has 124 valence electrons. The molecule has 1 aromatic rings. The molecule has 22 heavy (non-hydrogen) atoms. The van der Waals surface area contributed by atoms with Crippen LogP contribution in [0.25, 0.3) is 0 Å². The minimum atomic E-state index is -0.385. The summed E-state index contributed by atoms with van der Waals surface area (Å²) in [7, 11) is 1.86. The molecule has 2 unspecified atom stereocenters. The fourth-order valence-corrected chi connectivity index (χ4v) is 3.67. The predicted molar refractivity (Wildman–Crippen MR) is 90.0 cm³/mol. The van der Waals surface area contributed by atoms with Crippen LogP contribution in [-0.2, 0) is 9.53 Å². The number of ether oxygens (including phenoxy) is 1. The number of morpholine rings is 1. The van der Waals surface area contributed by atoms with E-state index in [0.29, 0.717) is 6.54 Å². The highest BCUT2D eigenvalue weighted by molar-refractivity contribution is 7.10. The minimum Gasteiger partial charge on any atom is -0.379 e. The lowest BCUT2D eigenvalue weighted by atomic mass is 10.1. The molecule has 1 aromatic heterocycles. The molecule has 6 heteroatoms. The first-order valence-corrected chi connectivity index (χ1v) is 8.87. The highest BCUT2D eigenvalue weighted by Gasteiger charge is 2.27. The molecule has 2 N–H and O–H groups in total. The maximum Gasteiger partial charge on any atom is 0.239 e. The summed E-state index contributed by atoms with van der Waals surface area (Å²) < 4.78 is 5.45. The quantitative estimate of drug-likeness (QED) is 0.829. The molecule has 0 spiro atoms. The lowest BCUT2D eigenvalue weighted by Gasteiger charge is -2.36. The summed E-state index contributed by atoms with van der Waals surface area (Å²) in [6, 6.07) is 4.06. The monoisotopic (exact) mass is 325 g/mol. The SMILES string of the molecule is CCCC(N)C(=O)N(C)CC(c1cccs1)N1CCOCC1. The Kier molecular flexibility index (Phi) is 6.82. The Morgan fingerprint density at radius 2 is 2.23 bits per heavy atom. The maximum absolute atomic E-state index is 12.4. The van der Waals surface area contributed by atoms with E-state index in [0.717, 1.165) is 39.1 Å². The number of nitrogens with zero attached hydrogens (tertiary/aromatic N) is 2. The molecule has 5 nitrogen and oxygen atoms in total. The second kappa shape index (κ2) is 8.62. The number of nitrogens with two attached hydrogens (primary N) is 1. The van der Waals surface area contributed by atoms with E-state index in [1.54, 1.807) is 16.2 Å². The van der Waals surface area contributed by atoms with Crippen molar-refractivity contribution in [2.45, 2.75) is 31.8 Å². The van der Waals surface area contributed by atoms with Crippen LogP contribution in [0, 0.1) is 0 Å². The topological polar surface area (TPSA) is 58.8 Å². The summed E-state index contributed by atoms with van der Waals surface area (Å²) in [6.45, 7) is 6.06. The van der Waals surface area contributed by atoms with Gasteiger partial charge >= 0.3 is 0 Å². The van der Waals surface area contributed by atoms with Gasteiger partial charge in [0.25, 0.3) is 0 Å². The van der Waals surface area contributed by atoms with E-state index in [1.807, 2.05) is 7.05 Å². The Labute approximate surface area is 137 Å². The zero-order chi connectivity index (χ0) is 15.9. The molecule has 0 aliphatic carbocycles. The van der Waals surface area contributed by atoms with Crippen LogP contribution in [0.5, 0.6) is 0 Å². The van der Waals surface area contributed by atoms with Gasteiger partial charge in [0.2, 0.25) is 5.91 Å². The zero-order valence-electron chi connectivity index (χ0n) is 13.5. The van der Waals surface area contributed by atoms with Gasteiger partial charge in [0, 0.05) is 31.6 Å². The van der Waals surface area contributed by atoms with Gasteiger partial charge in [0.1, 0.15) is 0 Å². The van der Waals surface area contributed by atoms with E-state index in [4.69, 9.17) is 10.5 Å². The zero-order valence-corrected chi connectivity index (χ0v) is 14.3. The number of carbonyl (C=O) groups is 1. The van der Waals surface area contributed by atoms with Crippen LogP contribution < -0.4 is 5.73 Å². The average molecular weight is 325 g/mol. The second-order valence-electron chi connectivity index (χ2n) is 5.79. The van der Waals surface area contributed by atoms with Crippen molar-refractivity contribution in [3.63, 3.8) is 0 Å². The van der Waals surface area contributed by atoms with Crippen LogP contribution >= 0.6 is 11.3 Å². The van der Waals surface area contributed by atoms with Crippen molar-refractivity contribution in [3.05, 3.63) is 22.4 Å². The standard InChI is InChI=1S/C16H27N3O2S/c1-3-5-13(17)16(20)18(2)12-14(15-6-4-11-22-15)19-7-9-21-10-8-19/h4,6,11,13-14H,3,5,7-10,12,17H2,1-2H3. The van der Waals surface area contributed by atoms with Crippen molar-refractivity contribution in [3.8, 4) is 0 Å². The molecular weight excluding hydrogens is 298 g/mol. The van der Waals surface area contributed by atoms with Crippen molar-refractivity contribution in [1.82, 2.24) is 9.80 Å². The molecule has 2 atom stereocenters. The van der Waals surface area contributed by atoms with Crippen LogP contribution in [0.3, 0.4) is 0 Å². The van der Waals surface area contributed by atoms with Crippen LogP contribution in [0.4, 0.5) is 0 Å². The van der Waals surface area contributed by atoms with Gasteiger partial charge in [-0.15, -0.1) is 11.3 Å². The second-order valence-corrected chi connectivity index (χ2v) is 6.77. The van der Waals surface area contributed by atoms with Gasteiger partial charge in [-0.1, -0.05) is 19.4 Å². The van der Waals surface area contributed by atoms with Crippen LogP contribution in [0.15, 0.2) is 17.5 Å². The van der Waals surface area contributed by atoms with Crippen LogP contribution in [-0.4, -0.2) is 61.6 Å². The molecule has 1 amide bonds. The minimum absolute atomic E-state index is 0.0386. The van der Waals surface area contributed by atoms with E-state index in [-0.39, 0.29) is 18.0 Å². The molecule has 0 bridgehead atoms. The number of carbonyl (C=O) groups excluding carboxylic acids is 1. The van der Waals surface area contributed by atoms with E-state index < -0.39 is 0 Å². The summed E-state index contributed by atoms with van der Waals surface area (Å²) in [5, 5.41) is 2.09. The van der Waals surface area contributed by atoms with Gasteiger partial charge in [-0.3, -0.25) is 9.69 Å². The average Bonchev–Trinajstić information content (AvgIpc) is 3.06. The van der Waals surface area contributed by atoms with Gasteiger partial charge < -0.3 is 15.4 Å². The van der Waals surface area contributed by atoms with E-state index in [1.165, 1.54) is 4.88 Å². The van der Waals surface area contributed by atoms with Gasteiger partial charge in [-0.05, 0) is 17.9 Å². The maximum atomic E-state index is 12.4. The summed E-state index contributed by atoms with van der Waals surface area (Å²) in [5.74, 6) is 0.0386. The van der Waals surface area contributed by atoms with E-state index in [9.17, 15) is 4.79 Å². The fraction of sp³-hybridized carbons (Fsp3) is 0.688. The summed E-state index contributed by atoms with van der Waals surface area (Å²) >= 11 is 1.75. The third-order valence-electron chi connectivity index (χ3n) is 4.10. The molecule has 1 aliphatic heterocycles. The lowest BCUT2D eigenvalue weighted by Crippen LogP contribution is -2.47. The summed E-state index contributed by atoms with van der Waals surface area (Å²) in [6.07, 6.45) is 1.67. The largest absolute Gasteiger partial charge is 0.379 e. The molecule has 1 aliphatic rings. The summed E-state index contributed by atoms with van der Waals surface area (Å²) in [4.78, 5) is 17.9. The molecule has 1 fully saturated rings. The number of amides is 1. The van der Waals surface area contributed by atoms with Gasteiger partial charge in [-0.25, -0.2) is 0 Å². The predicted octanol–water partition coefficient (Wildman–Crippen LogP) is 1.71. The van der Waals surface area contributed by atoms with Gasteiger partial charge in [-0.2, -0.15) is 0 Å². The van der Waals surface area contributed by atoms with Crippen molar-refractivity contribution in [2.24, 2.45) is 5.73 Å². The lowest BCUT2D eigenvalue weighted by molar-refractivity contribution is -0.132. The Morgan fingerprint density at radius 3 is 2.82 bits per heavy atom. The first-order valence-electron chi connectivity index (χ1n) is 7.99. The first kappa shape index (κ1) is 17.4. The highest BCUT2D eigenvalue weighted by Crippen LogP contribution is 2.26. The van der Waals surface area contributed by atoms with Crippen molar-refractivity contribution in [1.29, 1.82) is 0 Å². The molecule has 0 saturated carbocycles. The number of rotatable bonds is 7. The fourth-order valence-electron chi connectivity index (χ4n) is 2.82. The molecule has 2 rings (SSSR count). The van der Waals surface area contributed by atoms with E-state index in [2.05, 4.69) is 29.3 Å². The third-order valence-corrected chi connectivity index (χ3v) is 5.07. The Bertz CT molecular complexity index is 446. The number of hydrogen-bond donors (Lipinski definition) is 1. The number of hydrogen-bond acceptors (Lipinski definition) is 5. The van der Waals surface area contributed by atoms with Crippen LogP contribution in [0.1, 0.15) is 30.7 Å². The first-order chi connectivity index (χ1) is 10.6. The van der Waals surface area contributed by atoms with Crippen molar-refractivity contribution in [2.75, 3.05) is 39.9 Å². The normalized spacial score (nSPS) is 18.9. The molecule has 0 aromatic carbocycles. The molecule has 1 saturated heterocycles. The molecular formula is C16H27N3O2S. The Balaban J connectivity index is 2.04. The Morgan fingerprint density at radius 1 is 1.50 bits per heavy atom. The number of thiophene rings is 1. The van der Waals surface area contributed by atoms with Gasteiger partial charge in [0.15, 0.2) is 0 Å². The van der Waals surface area contributed by atoms with E-state index >= 15 is 0 Å². The summed E-state index contributed by atoms with van der Waals surface area (Å²) in [5.41, 5.74) is 5.98. The molecule has 0 radical (unpaired) electrons. The highest BCUT2D eigenvalue weighted by atomic mass is 32.1. The Hall–Kier alpha value is -0.950. The molecule has 2 heterocycles. The van der Waals surface area contributed by atoms with Gasteiger partial charge in [0.05, 0.1) is 25.3 Å². The third kappa shape index (κ3) is 4.52. The smallest absolute Gasteiger partial charge is 0.239 e.